The molecule has 0 aliphatic carbocycles. The number of fused-ring (bicyclic) bond motifs is 1. The lowest BCUT2D eigenvalue weighted by molar-refractivity contribution is -0.141. The van der Waals surface area contributed by atoms with Crippen LogP contribution < -0.4 is 29.0 Å². The van der Waals surface area contributed by atoms with Crippen LogP contribution in [-0.2, 0) is 9.59 Å². The summed E-state index contributed by atoms with van der Waals surface area (Å²) in [4.78, 5) is 36.1. The predicted octanol–water partition coefficient (Wildman–Crippen LogP) is 2.64. The summed E-state index contributed by atoms with van der Waals surface area (Å²) >= 11 is 1.30. The highest BCUT2D eigenvalue weighted by Gasteiger charge is 2.28. The Hall–Kier alpha value is -3.86. The van der Waals surface area contributed by atoms with Crippen LogP contribution in [0.3, 0.4) is 0 Å². The second kappa shape index (κ2) is 11.5. The normalized spacial score (nSPS) is 14.1. The summed E-state index contributed by atoms with van der Waals surface area (Å²) in [5.41, 5.74) is 0.881. The van der Waals surface area contributed by atoms with E-state index >= 15 is 0 Å². The van der Waals surface area contributed by atoms with Crippen LogP contribution in [-0.4, -0.2) is 68.8 Å². The van der Waals surface area contributed by atoms with E-state index in [0.29, 0.717) is 28.4 Å². The third-order valence-electron chi connectivity index (χ3n) is 5.00. The van der Waals surface area contributed by atoms with Crippen molar-refractivity contribution in [3.63, 3.8) is 0 Å². The van der Waals surface area contributed by atoms with Gasteiger partial charge in [0.05, 0.1) is 26.9 Å². The van der Waals surface area contributed by atoms with Crippen molar-refractivity contribution in [1.82, 2.24) is 5.32 Å². The number of amides is 1. The van der Waals surface area contributed by atoms with E-state index < -0.39 is 24.5 Å². The van der Waals surface area contributed by atoms with E-state index in [1.54, 1.807) is 18.4 Å². The van der Waals surface area contributed by atoms with Crippen molar-refractivity contribution in [1.29, 1.82) is 0 Å². The van der Waals surface area contributed by atoms with E-state index in [1.807, 2.05) is 0 Å². The molecule has 0 aromatic heterocycles. The van der Waals surface area contributed by atoms with Gasteiger partial charge >= 0.3 is 5.97 Å². The number of thioether (sulfide) groups is 1. The quantitative estimate of drug-likeness (QED) is 0.442. The van der Waals surface area contributed by atoms with Crippen LogP contribution in [0.5, 0.6) is 28.7 Å². The Bertz CT molecular complexity index is 1160. The molecule has 2 aromatic carbocycles. The van der Waals surface area contributed by atoms with E-state index in [9.17, 15) is 14.4 Å². The molecule has 11 heteroatoms. The number of methoxy groups -OCH3 is 3. The molecule has 0 spiro atoms. The van der Waals surface area contributed by atoms with Gasteiger partial charge in [-0.15, -0.1) is 0 Å². The van der Waals surface area contributed by atoms with Gasteiger partial charge in [0.1, 0.15) is 23.3 Å². The fourth-order valence-corrected chi connectivity index (χ4v) is 3.85. The number of allylic oxidation sites excluding steroid dienone is 1. The standard InChI is InChI=1S/C24H25NO9S/c1-30-17-10-20(32-3)19(31-2)7-13(17)8-21-23(27)15-6-5-14(9-18(15)34-21)33-11-22(26)25-16(12-35-4)24(28)29/h5-10,16H,11-12H2,1-4H3,(H,25,26)(H,28,29). The number of hydrogen-bond acceptors (Lipinski definition) is 9. The van der Waals surface area contributed by atoms with E-state index in [4.69, 9.17) is 28.8 Å². The van der Waals surface area contributed by atoms with Crippen LogP contribution in [0.1, 0.15) is 15.9 Å². The monoisotopic (exact) mass is 503 g/mol. The van der Waals surface area contributed by atoms with Crippen LogP contribution in [0.15, 0.2) is 36.1 Å². The Morgan fingerprint density at radius 3 is 2.40 bits per heavy atom. The number of ether oxygens (including phenoxy) is 5. The minimum absolute atomic E-state index is 0.0711. The van der Waals surface area contributed by atoms with Gasteiger partial charge in [0.25, 0.3) is 5.91 Å². The molecule has 1 aliphatic heterocycles. The number of Topliss-reactive ketones (excluding diaryl/α,β-unsaturated/α-hetero) is 1. The van der Waals surface area contributed by atoms with Crippen LogP contribution in [0.4, 0.5) is 0 Å². The largest absolute Gasteiger partial charge is 0.496 e. The number of aliphatic carboxylic acids is 1. The summed E-state index contributed by atoms with van der Waals surface area (Å²) in [6.45, 7) is -0.392. The Morgan fingerprint density at radius 2 is 1.77 bits per heavy atom. The van der Waals surface area contributed by atoms with Crippen molar-refractivity contribution >= 4 is 35.5 Å². The molecule has 1 aliphatic rings. The highest BCUT2D eigenvalue weighted by atomic mass is 32.2. The van der Waals surface area contributed by atoms with Gasteiger partial charge in [-0.3, -0.25) is 9.59 Å². The molecule has 0 saturated carbocycles. The summed E-state index contributed by atoms with van der Waals surface area (Å²) < 4.78 is 27.2. The number of carbonyl (C=O) groups excluding carboxylic acids is 2. The topological polar surface area (TPSA) is 130 Å². The summed E-state index contributed by atoms with van der Waals surface area (Å²) in [5.74, 6) is 0.214. The van der Waals surface area contributed by atoms with Crippen molar-refractivity contribution in [2.75, 3.05) is 39.9 Å². The number of benzene rings is 2. The molecule has 0 radical (unpaired) electrons. The molecule has 2 aromatic rings. The average molecular weight is 504 g/mol. The number of rotatable bonds is 11. The van der Waals surface area contributed by atoms with Crippen LogP contribution in [0.2, 0.25) is 0 Å². The van der Waals surface area contributed by atoms with Gasteiger partial charge in [-0.1, -0.05) is 0 Å². The Kier molecular flexibility index (Phi) is 8.48. The smallest absolute Gasteiger partial charge is 0.327 e. The molecular weight excluding hydrogens is 478 g/mol. The van der Waals surface area contributed by atoms with E-state index in [-0.39, 0.29) is 28.8 Å². The van der Waals surface area contributed by atoms with Crippen LogP contribution in [0, 0.1) is 0 Å². The maximum Gasteiger partial charge on any atom is 0.327 e. The number of nitrogens with one attached hydrogen (secondary N) is 1. The van der Waals surface area contributed by atoms with Crippen molar-refractivity contribution < 1.29 is 43.2 Å². The molecule has 1 unspecified atom stereocenters. The predicted molar refractivity (Wildman–Crippen MR) is 129 cm³/mol. The van der Waals surface area contributed by atoms with E-state index in [1.165, 1.54) is 57.4 Å². The summed E-state index contributed by atoms with van der Waals surface area (Å²) in [5, 5.41) is 11.5. The number of carboxylic acid groups (broad SMARTS) is 1. The SMILES string of the molecule is COc1cc(OC)c(OC)cc1C=C1Oc2cc(OCC(=O)NC(CSC)C(=O)O)ccc2C1=O. The molecule has 3 rings (SSSR count). The molecule has 10 nitrogen and oxygen atoms in total. The van der Waals surface area contributed by atoms with Crippen LogP contribution in [0.25, 0.3) is 6.08 Å². The molecular formula is C24H25NO9S. The molecule has 0 saturated heterocycles. The minimum atomic E-state index is -1.12. The first-order chi connectivity index (χ1) is 16.8. The number of carbonyl (C=O) groups is 3. The average Bonchev–Trinajstić information content (AvgIpc) is 3.16. The molecule has 1 atom stereocenters. The lowest BCUT2D eigenvalue weighted by Gasteiger charge is -2.13. The zero-order valence-electron chi connectivity index (χ0n) is 19.6. The lowest BCUT2D eigenvalue weighted by atomic mass is 10.1. The summed E-state index contributed by atoms with van der Waals surface area (Å²) in [6.07, 6.45) is 3.28. The highest BCUT2D eigenvalue weighted by Crippen LogP contribution is 2.39. The fourth-order valence-electron chi connectivity index (χ4n) is 3.29. The van der Waals surface area contributed by atoms with Crippen LogP contribution >= 0.6 is 11.8 Å². The number of ketones is 1. The Labute approximate surface area is 206 Å². The first kappa shape index (κ1) is 25.8. The van der Waals surface area contributed by atoms with Gasteiger partial charge in [-0.05, 0) is 30.5 Å². The second-order valence-electron chi connectivity index (χ2n) is 7.25. The van der Waals surface area contributed by atoms with Crippen molar-refractivity contribution in [3.05, 3.63) is 47.2 Å². The van der Waals surface area contributed by atoms with Gasteiger partial charge in [-0.2, -0.15) is 11.8 Å². The molecule has 2 N–H and O–H groups in total. The van der Waals surface area contributed by atoms with E-state index in [2.05, 4.69) is 5.32 Å². The molecule has 0 fully saturated rings. The van der Waals surface area contributed by atoms with Crippen molar-refractivity contribution in [3.8, 4) is 28.7 Å². The highest BCUT2D eigenvalue weighted by molar-refractivity contribution is 7.98. The first-order valence-corrected chi connectivity index (χ1v) is 11.7. The molecule has 0 bridgehead atoms. The maximum atomic E-state index is 12.8. The summed E-state index contributed by atoms with van der Waals surface area (Å²) in [6, 6.07) is 6.85. The van der Waals surface area contributed by atoms with Gasteiger partial charge in [-0.25, -0.2) is 4.79 Å². The van der Waals surface area contributed by atoms with Crippen molar-refractivity contribution in [2.24, 2.45) is 0 Å². The zero-order valence-corrected chi connectivity index (χ0v) is 20.4. The second-order valence-corrected chi connectivity index (χ2v) is 8.16. The van der Waals surface area contributed by atoms with E-state index in [0.717, 1.165) is 0 Å². The maximum absolute atomic E-state index is 12.8. The third-order valence-corrected chi connectivity index (χ3v) is 5.67. The molecule has 1 heterocycles. The Morgan fingerprint density at radius 1 is 1.09 bits per heavy atom. The fraction of sp³-hybridized carbons (Fsp3) is 0.292. The van der Waals surface area contributed by atoms with Gasteiger partial charge in [0.15, 0.2) is 23.9 Å². The number of hydrogen-bond donors (Lipinski definition) is 2. The van der Waals surface area contributed by atoms with Gasteiger partial charge < -0.3 is 34.1 Å². The molecule has 186 valence electrons. The third kappa shape index (κ3) is 5.99. The summed E-state index contributed by atoms with van der Waals surface area (Å²) in [7, 11) is 4.50. The minimum Gasteiger partial charge on any atom is -0.496 e. The van der Waals surface area contributed by atoms with Gasteiger partial charge in [0.2, 0.25) is 5.78 Å². The number of carboxylic acids is 1. The lowest BCUT2D eigenvalue weighted by Crippen LogP contribution is -2.44. The molecule has 35 heavy (non-hydrogen) atoms. The van der Waals surface area contributed by atoms with Gasteiger partial charge in [0, 0.05) is 23.4 Å². The van der Waals surface area contributed by atoms with Crippen molar-refractivity contribution in [2.45, 2.75) is 6.04 Å². The molecule has 1 amide bonds. The first-order valence-electron chi connectivity index (χ1n) is 10.3. The zero-order chi connectivity index (χ0) is 25.5. The Balaban J connectivity index is 1.74.